The number of hydrogen-bond acceptors (Lipinski definition) is 1. The van der Waals surface area contributed by atoms with Crippen molar-refractivity contribution in [1.82, 2.24) is 4.90 Å². The predicted octanol–water partition coefficient (Wildman–Crippen LogP) is 0.0180. The van der Waals surface area contributed by atoms with Gasteiger partial charge in [0.25, 0.3) is 5.91 Å². The zero-order chi connectivity index (χ0) is 6.69. The quantitative estimate of drug-likeness (QED) is 0.327. The van der Waals surface area contributed by atoms with Gasteiger partial charge in [-0.25, -0.2) is 0 Å². The highest BCUT2D eigenvalue weighted by Gasteiger charge is 2.09. The van der Waals surface area contributed by atoms with Crippen LogP contribution in [0.5, 0.6) is 0 Å². The Kier molecular flexibility index (Phi) is 1.55. The topological polar surface area (TPSA) is 20.3 Å². The van der Waals surface area contributed by atoms with E-state index in [0.717, 1.165) is 0 Å². The Labute approximate surface area is 54.2 Å². The van der Waals surface area contributed by atoms with Crippen LogP contribution >= 0.6 is 0 Å². The van der Waals surface area contributed by atoms with Gasteiger partial charge in [0.1, 0.15) is 0 Å². The van der Waals surface area contributed by atoms with Crippen LogP contribution in [-0.4, -0.2) is 23.9 Å². The van der Waals surface area contributed by atoms with Gasteiger partial charge in [-0.3, -0.25) is 4.79 Å². The van der Waals surface area contributed by atoms with Crippen LogP contribution in [0.15, 0.2) is 12.2 Å². The average molecular weight is 121 g/mol. The maximum Gasteiger partial charge on any atom is 0.298 e. The lowest BCUT2D eigenvalue weighted by atomic mass is 10.5. The van der Waals surface area contributed by atoms with Crippen LogP contribution in [-0.2, 0) is 4.79 Å². The Morgan fingerprint density at radius 1 is 1.56 bits per heavy atom. The molecule has 1 rings (SSSR count). The van der Waals surface area contributed by atoms with Crippen molar-refractivity contribution in [2.24, 2.45) is 0 Å². The summed E-state index contributed by atoms with van der Waals surface area (Å²) in [7, 11) is 0. The monoisotopic (exact) mass is 121 g/mol. The number of carbonyl (C=O) groups excluding carboxylic acids is 1. The minimum Gasteiger partial charge on any atom is -0.324 e. The first-order valence-electron chi connectivity index (χ1n) is 2.75. The normalized spacial score (nSPS) is 15.7. The lowest BCUT2D eigenvalue weighted by Crippen LogP contribution is -2.26. The van der Waals surface area contributed by atoms with Gasteiger partial charge in [-0.05, 0) is 5.92 Å². The molecule has 2 heteroatoms. The fourth-order valence-corrected chi connectivity index (χ4v) is 0.735. The van der Waals surface area contributed by atoms with Gasteiger partial charge in [-0.15, -0.1) is 6.42 Å². The zero-order valence-electron chi connectivity index (χ0n) is 5.00. The Hall–Kier alpha value is -1.23. The third-order valence-corrected chi connectivity index (χ3v) is 1.23. The van der Waals surface area contributed by atoms with Gasteiger partial charge in [-0.1, -0.05) is 12.2 Å². The maximum absolute atomic E-state index is 10.7. The molecule has 0 radical (unpaired) electrons. The Bertz CT molecular complexity index is 180. The van der Waals surface area contributed by atoms with Crippen molar-refractivity contribution in [2.45, 2.75) is 0 Å². The number of hydrogen-bond donors (Lipinski definition) is 0. The van der Waals surface area contributed by atoms with Crippen LogP contribution in [0.1, 0.15) is 0 Å². The highest BCUT2D eigenvalue weighted by atomic mass is 16.2. The highest BCUT2D eigenvalue weighted by molar-refractivity contribution is 5.93. The van der Waals surface area contributed by atoms with Crippen LogP contribution in [0.25, 0.3) is 0 Å². The fourth-order valence-electron chi connectivity index (χ4n) is 0.735. The molecule has 2 nitrogen and oxygen atoms in total. The van der Waals surface area contributed by atoms with E-state index in [1.54, 1.807) is 4.90 Å². The molecule has 1 aliphatic rings. The summed E-state index contributed by atoms with van der Waals surface area (Å²) in [6, 6.07) is 0. The van der Waals surface area contributed by atoms with Gasteiger partial charge >= 0.3 is 0 Å². The van der Waals surface area contributed by atoms with Crippen molar-refractivity contribution in [1.29, 1.82) is 0 Å². The Morgan fingerprint density at radius 3 is 2.56 bits per heavy atom. The summed E-state index contributed by atoms with van der Waals surface area (Å²) in [5.74, 6) is 1.83. The second-order valence-corrected chi connectivity index (χ2v) is 1.83. The summed E-state index contributed by atoms with van der Waals surface area (Å²) in [4.78, 5) is 12.3. The van der Waals surface area contributed by atoms with Crippen LogP contribution in [0.3, 0.4) is 0 Å². The molecule has 1 aliphatic heterocycles. The Balaban J connectivity index is 2.48. The van der Waals surface area contributed by atoms with Gasteiger partial charge < -0.3 is 4.90 Å². The van der Waals surface area contributed by atoms with Crippen LogP contribution in [0, 0.1) is 12.3 Å². The van der Waals surface area contributed by atoms with Gasteiger partial charge in [0, 0.05) is 13.1 Å². The molecule has 9 heavy (non-hydrogen) atoms. The van der Waals surface area contributed by atoms with Crippen molar-refractivity contribution in [3.8, 4) is 12.3 Å². The minimum absolute atomic E-state index is 0.222. The van der Waals surface area contributed by atoms with Crippen molar-refractivity contribution in [2.75, 3.05) is 13.1 Å². The molecular weight excluding hydrogens is 114 g/mol. The molecule has 0 aliphatic carbocycles. The minimum atomic E-state index is -0.222. The summed E-state index contributed by atoms with van der Waals surface area (Å²) in [5.41, 5.74) is 0. The third kappa shape index (κ3) is 1.11. The molecule has 0 saturated carbocycles. The van der Waals surface area contributed by atoms with Gasteiger partial charge in [-0.2, -0.15) is 0 Å². The molecule has 0 aromatic rings. The molecule has 0 aromatic heterocycles. The molecule has 0 N–H and O–H groups in total. The largest absolute Gasteiger partial charge is 0.324 e. The molecule has 0 saturated heterocycles. The number of amides is 1. The molecular formula is C7H7NO. The van der Waals surface area contributed by atoms with Crippen molar-refractivity contribution in [3.05, 3.63) is 12.2 Å². The summed E-state index contributed by atoms with van der Waals surface area (Å²) in [6.07, 6.45) is 8.73. The first kappa shape index (κ1) is 5.90. The molecule has 0 spiro atoms. The fraction of sp³-hybridized carbons (Fsp3) is 0.286. The van der Waals surface area contributed by atoms with E-state index < -0.39 is 0 Å². The second-order valence-electron chi connectivity index (χ2n) is 1.83. The van der Waals surface area contributed by atoms with Crippen LogP contribution in [0.2, 0.25) is 0 Å². The molecule has 1 amide bonds. The average Bonchev–Trinajstić information content (AvgIpc) is 2.37. The molecule has 46 valence electrons. The van der Waals surface area contributed by atoms with Crippen molar-refractivity contribution < 1.29 is 4.79 Å². The highest BCUT2D eigenvalue weighted by Crippen LogP contribution is 1.97. The number of rotatable bonds is 0. The van der Waals surface area contributed by atoms with E-state index in [9.17, 15) is 4.79 Å². The van der Waals surface area contributed by atoms with Crippen LogP contribution in [0.4, 0.5) is 0 Å². The van der Waals surface area contributed by atoms with E-state index in [1.807, 2.05) is 12.2 Å². The van der Waals surface area contributed by atoms with Gasteiger partial charge in [0.05, 0.1) is 0 Å². The smallest absolute Gasteiger partial charge is 0.298 e. The zero-order valence-corrected chi connectivity index (χ0v) is 5.00. The number of carbonyl (C=O) groups is 1. The lowest BCUT2D eigenvalue weighted by Gasteiger charge is -2.09. The molecule has 1 heterocycles. The van der Waals surface area contributed by atoms with Crippen molar-refractivity contribution >= 4 is 5.91 Å². The molecule has 0 aromatic carbocycles. The van der Waals surface area contributed by atoms with Crippen molar-refractivity contribution in [3.63, 3.8) is 0 Å². The second kappa shape index (κ2) is 2.36. The summed E-state index contributed by atoms with van der Waals surface area (Å²) in [6.45, 7) is 1.34. The maximum atomic E-state index is 10.7. The predicted molar refractivity (Wildman–Crippen MR) is 34.6 cm³/mol. The summed E-state index contributed by atoms with van der Waals surface area (Å²) in [5, 5.41) is 0. The molecule has 0 unspecified atom stereocenters. The van der Waals surface area contributed by atoms with E-state index in [4.69, 9.17) is 6.42 Å². The molecule has 0 bridgehead atoms. The summed E-state index contributed by atoms with van der Waals surface area (Å²) < 4.78 is 0. The van der Waals surface area contributed by atoms with E-state index in [-0.39, 0.29) is 5.91 Å². The van der Waals surface area contributed by atoms with E-state index in [0.29, 0.717) is 13.1 Å². The standard InChI is InChI=1S/C7H7NO/c1-2-7(9)8-5-3-4-6-8/h1,3-4H,5-6H2. The summed E-state index contributed by atoms with van der Waals surface area (Å²) >= 11 is 0. The molecule has 0 atom stereocenters. The van der Waals surface area contributed by atoms with E-state index >= 15 is 0 Å². The van der Waals surface area contributed by atoms with Crippen LogP contribution < -0.4 is 0 Å². The van der Waals surface area contributed by atoms with Gasteiger partial charge in [0.15, 0.2) is 0 Å². The first-order chi connectivity index (χ1) is 4.34. The van der Waals surface area contributed by atoms with E-state index in [1.165, 1.54) is 0 Å². The number of terminal acetylenes is 1. The SMILES string of the molecule is C#CC(=O)N1CC=CC1. The Morgan fingerprint density at radius 2 is 2.11 bits per heavy atom. The van der Waals surface area contributed by atoms with Gasteiger partial charge in [0.2, 0.25) is 0 Å². The first-order valence-corrected chi connectivity index (χ1v) is 2.75. The third-order valence-electron chi connectivity index (χ3n) is 1.23. The number of nitrogens with zero attached hydrogens (tertiary/aromatic N) is 1. The van der Waals surface area contributed by atoms with E-state index in [2.05, 4.69) is 5.92 Å². The molecule has 0 fully saturated rings. The lowest BCUT2D eigenvalue weighted by molar-refractivity contribution is -0.123.